The molecule has 122 valence electrons. The maximum Gasteiger partial charge on any atom is 0.232 e. The summed E-state index contributed by atoms with van der Waals surface area (Å²) in [5.41, 5.74) is 2.04. The van der Waals surface area contributed by atoms with E-state index >= 15 is 0 Å². The zero-order valence-corrected chi connectivity index (χ0v) is 13.3. The van der Waals surface area contributed by atoms with Crippen LogP contribution in [0.15, 0.2) is 60.7 Å². The van der Waals surface area contributed by atoms with Crippen LogP contribution in [0, 0.1) is 0 Å². The first-order valence-corrected chi connectivity index (χ1v) is 8.24. The second kappa shape index (κ2) is 6.00. The van der Waals surface area contributed by atoms with Crippen molar-refractivity contribution in [2.24, 2.45) is 0 Å². The van der Waals surface area contributed by atoms with Crippen molar-refractivity contribution in [3.05, 3.63) is 60.7 Å². The fraction of sp³-hybridized carbons (Fsp3) is 0.263. The number of imide groups is 1. The number of likely N-dealkylation sites (tertiary alicyclic amines) is 1. The summed E-state index contributed by atoms with van der Waals surface area (Å²) in [7, 11) is 0. The number of para-hydroxylation sites is 2. The lowest BCUT2D eigenvalue weighted by Crippen LogP contribution is -2.54. The molecule has 2 aliphatic heterocycles. The molecular formula is C19H19N3O2. The molecule has 2 aromatic carbocycles. The molecule has 4 rings (SSSR count). The van der Waals surface area contributed by atoms with E-state index in [2.05, 4.69) is 9.80 Å². The highest BCUT2D eigenvalue weighted by molar-refractivity contribution is 6.03. The molecule has 0 aromatic heterocycles. The van der Waals surface area contributed by atoms with Crippen molar-refractivity contribution in [3.8, 4) is 0 Å². The minimum Gasteiger partial charge on any atom is -0.332 e. The Hall–Kier alpha value is -2.82. The summed E-state index contributed by atoms with van der Waals surface area (Å²) in [4.78, 5) is 30.5. The van der Waals surface area contributed by atoms with Gasteiger partial charge in [-0.2, -0.15) is 0 Å². The Morgan fingerprint density at radius 2 is 1.08 bits per heavy atom. The first kappa shape index (κ1) is 14.8. The van der Waals surface area contributed by atoms with Gasteiger partial charge in [-0.3, -0.25) is 9.59 Å². The summed E-state index contributed by atoms with van der Waals surface area (Å²) >= 11 is 0. The summed E-state index contributed by atoms with van der Waals surface area (Å²) in [6.07, 6.45) is 0.221. The SMILES string of the molecule is O=C1CCC(=O)N1C1N(c2ccccc2)CCN1c1ccccc1. The molecule has 5 heteroatoms. The van der Waals surface area contributed by atoms with Gasteiger partial charge in [0.15, 0.2) is 6.29 Å². The van der Waals surface area contributed by atoms with Crippen molar-refractivity contribution < 1.29 is 9.59 Å². The summed E-state index contributed by atoms with van der Waals surface area (Å²) in [5, 5.41) is 0. The van der Waals surface area contributed by atoms with E-state index in [0.29, 0.717) is 12.8 Å². The Morgan fingerprint density at radius 1 is 0.667 bits per heavy atom. The fourth-order valence-electron chi connectivity index (χ4n) is 3.51. The summed E-state index contributed by atoms with van der Waals surface area (Å²) in [6, 6.07) is 19.9. The van der Waals surface area contributed by atoms with Crippen LogP contribution < -0.4 is 9.80 Å². The maximum absolute atomic E-state index is 12.4. The van der Waals surface area contributed by atoms with Gasteiger partial charge >= 0.3 is 0 Å². The zero-order chi connectivity index (χ0) is 16.5. The van der Waals surface area contributed by atoms with Gasteiger partial charge in [0.2, 0.25) is 11.8 Å². The average Bonchev–Trinajstić information content (AvgIpc) is 3.19. The topological polar surface area (TPSA) is 43.9 Å². The van der Waals surface area contributed by atoms with Gasteiger partial charge in [0.05, 0.1) is 0 Å². The average molecular weight is 321 g/mol. The molecule has 0 atom stereocenters. The lowest BCUT2D eigenvalue weighted by Gasteiger charge is -2.37. The molecule has 2 heterocycles. The molecule has 0 aliphatic carbocycles. The first-order chi connectivity index (χ1) is 11.8. The maximum atomic E-state index is 12.4. The molecule has 0 unspecified atom stereocenters. The van der Waals surface area contributed by atoms with Gasteiger partial charge in [0.1, 0.15) is 0 Å². The Morgan fingerprint density at radius 3 is 1.50 bits per heavy atom. The van der Waals surface area contributed by atoms with Crippen LogP contribution in [0.25, 0.3) is 0 Å². The highest BCUT2D eigenvalue weighted by atomic mass is 16.2. The highest BCUT2D eigenvalue weighted by Gasteiger charge is 2.44. The minimum absolute atomic E-state index is 0.0891. The molecule has 24 heavy (non-hydrogen) atoms. The van der Waals surface area contributed by atoms with Crippen LogP contribution >= 0.6 is 0 Å². The van der Waals surface area contributed by atoms with Crippen LogP contribution in [0.3, 0.4) is 0 Å². The fourth-order valence-corrected chi connectivity index (χ4v) is 3.51. The van der Waals surface area contributed by atoms with Crippen LogP contribution in [0.5, 0.6) is 0 Å². The minimum atomic E-state index is -0.391. The number of rotatable bonds is 3. The third-order valence-corrected chi connectivity index (χ3v) is 4.64. The number of carbonyl (C=O) groups is 2. The van der Waals surface area contributed by atoms with Crippen molar-refractivity contribution in [2.45, 2.75) is 19.1 Å². The van der Waals surface area contributed by atoms with Gasteiger partial charge in [-0.25, -0.2) is 4.90 Å². The van der Waals surface area contributed by atoms with Gasteiger partial charge in [0.25, 0.3) is 0 Å². The van der Waals surface area contributed by atoms with Crippen molar-refractivity contribution in [1.29, 1.82) is 0 Å². The molecule has 2 aromatic rings. The van der Waals surface area contributed by atoms with Crippen molar-refractivity contribution in [3.63, 3.8) is 0 Å². The van der Waals surface area contributed by atoms with E-state index in [4.69, 9.17) is 0 Å². The van der Waals surface area contributed by atoms with Gasteiger partial charge in [-0.1, -0.05) is 36.4 Å². The number of benzene rings is 2. The van der Waals surface area contributed by atoms with Gasteiger partial charge in [-0.15, -0.1) is 0 Å². The molecule has 0 saturated carbocycles. The van der Waals surface area contributed by atoms with E-state index in [1.54, 1.807) is 0 Å². The summed E-state index contributed by atoms with van der Waals surface area (Å²) in [5.74, 6) is -0.178. The Bertz CT molecular complexity index is 684. The quantitative estimate of drug-likeness (QED) is 0.815. The van der Waals surface area contributed by atoms with Crippen molar-refractivity contribution in [2.75, 3.05) is 22.9 Å². The van der Waals surface area contributed by atoms with Crippen LogP contribution in [-0.2, 0) is 9.59 Å². The Balaban J connectivity index is 1.76. The van der Waals surface area contributed by atoms with Gasteiger partial charge < -0.3 is 9.80 Å². The third kappa shape index (κ3) is 2.42. The smallest absolute Gasteiger partial charge is 0.232 e. The molecule has 0 N–H and O–H groups in total. The first-order valence-electron chi connectivity index (χ1n) is 8.24. The molecule has 0 spiro atoms. The van der Waals surface area contributed by atoms with Gasteiger partial charge in [0, 0.05) is 37.3 Å². The largest absolute Gasteiger partial charge is 0.332 e. The molecule has 0 bridgehead atoms. The third-order valence-electron chi connectivity index (χ3n) is 4.64. The van der Waals surface area contributed by atoms with Crippen molar-refractivity contribution >= 4 is 23.2 Å². The second-order valence-electron chi connectivity index (χ2n) is 6.06. The normalized spacial score (nSPS) is 18.8. The summed E-state index contributed by atoms with van der Waals surface area (Å²) < 4.78 is 0. The number of hydrogen-bond donors (Lipinski definition) is 0. The predicted octanol–water partition coefficient (Wildman–Crippen LogP) is 2.45. The van der Waals surface area contributed by atoms with E-state index in [-0.39, 0.29) is 11.8 Å². The molecule has 2 aliphatic rings. The lowest BCUT2D eigenvalue weighted by atomic mass is 10.3. The van der Waals surface area contributed by atoms with Crippen LogP contribution in [0.2, 0.25) is 0 Å². The summed E-state index contributed by atoms with van der Waals surface area (Å²) in [6.45, 7) is 1.53. The van der Waals surface area contributed by atoms with E-state index < -0.39 is 6.29 Å². The zero-order valence-electron chi connectivity index (χ0n) is 13.3. The number of carbonyl (C=O) groups excluding carboxylic acids is 2. The molecule has 2 amide bonds. The van der Waals surface area contributed by atoms with Gasteiger partial charge in [-0.05, 0) is 24.3 Å². The predicted molar refractivity (Wildman–Crippen MR) is 92.5 cm³/mol. The molecular weight excluding hydrogens is 302 g/mol. The second-order valence-corrected chi connectivity index (χ2v) is 6.06. The van der Waals surface area contributed by atoms with E-state index in [0.717, 1.165) is 24.5 Å². The number of amides is 2. The van der Waals surface area contributed by atoms with Crippen LogP contribution in [0.1, 0.15) is 12.8 Å². The van der Waals surface area contributed by atoms with Crippen LogP contribution in [0.4, 0.5) is 11.4 Å². The van der Waals surface area contributed by atoms with Crippen molar-refractivity contribution in [1.82, 2.24) is 4.90 Å². The standard InChI is InChI=1S/C19H19N3O2/c23-17-11-12-18(24)22(17)19-20(15-7-3-1-4-8-15)13-14-21(19)16-9-5-2-6-10-16/h1-10,19H,11-14H2. The molecule has 2 saturated heterocycles. The number of anilines is 2. The molecule has 0 radical (unpaired) electrons. The monoisotopic (exact) mass is 321 g/mol. The number of nitrogens with zero attached hydrogens (tertiary/aromatic N) is 3. The Kier molecular flexibility index (Phi) is 3.69. The molecule has 5 nitrogen and oxygen atoms in total. The van der Waals surface area contributed by atoms with E-state index in [1.165, 1.54) is 4.90 Å². The van der Waals surface area contributed by atoms with Crippen LogP contribution in [-0.4, -0.2) is 36.1 Å². The molecule has 2 fully saturated rings. The number of hydrogen-bond acceptors (Lipinski definition) is 4. The van der Waals surface area contributed by atoms with E-state index in [9.17, 15) is 9.59 Å². The highest BCUT2D eigenvalue weighted by Crippen LogP contribution is 2.32. The lowest BCUT2D eigenvalue weighted by molar-refractivity contribution is -0.140. The Labute approximate surface area is 141 Å². The van der Waals surface area contributed by atoms with E-state index in [1.807, 2.05) is 60.7 Å².